The highest BCUT2D eigenvalue weighted by molar-refractivity contribution is 9.10. The summed E-state index contributed by atoms with van der Waals surface area (Å²) in [5.74, 6) is -0.484. The quantitative estimate of drug-likeness (QED) is 0.327. The number of imidazole rings is 1. The zero-order valence-corrected chi connectivity index (χ0v) is 17.0. The Kier molecular flexibility index (Phi) is 5.93. The number of halogens is 1. The highest BCUT2D eigenvalue weighted by atomic mass is 79.9. The molecule has 0 bridgehead atoms. The van der Waals surface area contributed by atoms with Crippen LogP contribution in [0.5, 0.6) is 0 Å². The van der Waals surface area contributed by atoms with Crippen molar-refractivity contribution >= 4 is 39.1 Å². The third-order valence-electron chi connectivity index (χ3n) is 4.23. The molecule has 3 rings (SSSR count). The molecule has 2 aromatic heterocycles. The Hall–Kier alpha value is -2.94. The van der Waals surface area contributed by atoms with E-state index in [-0.39, 0.29) is 13.2 Å². The minimum Gasteiger partial charge on any atom is -0.462 e. The number of nitrogens with zero attached hydrogens (tertiary/aromatic N) is 4. The predicted octanol–water partition coefficient (Wildman–Crippen LogP) is 1.84. The van der Waals surface area contributed by atoms with Gasteiger partial charge in [0, 0.05) is 31.2 Å². The Labute approximate surface area is 168 Å². The van der Waals surface area contributed by atoms with Gasteiger partial charge in [-0.1, -0.05) is 28.1 Å². The molecule has 0 spiro atoms. The summed E-state index contributed by atoms with van der Waals surface area (Å²) in [5.41, 5.74) is 0.718. The van der Waals surface area contributed by atoms with Gasteiger partial charge in [0.05, 0.1) is 12.9 Å². The number of hydrogen-bond acceptors (Lipinski definition) is 5. The van der Waals surface area contributed by atoms with E-state index in [9.17, 15) is 14.4 Å². The van der Waals surface area contributed by atoms with Crippen LogP contribution in [0.15, 0.2) is 50.7 Å². The van der Waals surface area contributed by atoms with Crippen molar-refractivity contribution in [3.63, 3.8) is 0 Å². The van der Waals surface area contributed by atoms with Crippen molar-refractivity contribution in [3.8, 4) is 0 Å². The van der Waals surface area contributed by atoms with E-state index in [1.165, 1.54) is 17.0 Å². The van der Waals surface area contributed by atoms with E-state index in [2.05, 4.69) is 20.9 Å². The van der Waals surface area contributed by atoms with Crippen LogP contribution in [-0.2, 0) is 30.2 Å². The largest absolute Gasteiger partial charge is 0.462 e. The average Bonchev–Trinajstić information content (AvgIpc) is 3.06. The van der Waals surface area contributed by atoms with Crippen molar-refractivity contribution in [3.05, 3.63) is 67.5 Å². The first-order valence-electron chi connectivity index (χ1n) is 8.59. The van der Waals surface area contributed by atoms with E-state index in [1.807, 2.05) is 24.3 Å². The summed E-state index contributed by atoms with van der Waals surface area (Å²) >= 11 is 3.37. The summed E-state index contributed by atoms with van der Waals surface area (Å²) in [6, 6.07) is 7.50. The van der Waals surface area contributed by atoms with Gasteiger partial charge in [0.1, 0.15) is 0 Å². The molecule has 0 N–H and O–H groups in total. The zero-order chi connectivity index (χ0) is 20.3. The highest BCUT2D eigenvalue weighted by Gasteiger charge is 2.14. The lowest BCUT2D eigenvalue weighted by Crippen LogP contribution is -2.39. The summed E-state index contributed by atoms with van der Waals surface area (Å²) < 4.78 is 10.1. The van der Waals surface area contributed by atoms with Gasteiger partial charge >= 0.3 is 11.7 Å². The van der Waals surface area contributed by atoms with Crippen molar-refractivity contribution in [2.45, 2.75) is 13.0 Å². The van der Waals surface area contributed by atoms with Gasteiger partial charge in [-0.2, -0.15) is 0 Å². The normalized spacial score (nSPS) is 11.4. The molecule has 8 nitrogen and oxygen atoms in total. The van der Waals surface area contributed by atoms with E-state index in [0.717, 1.165) is 14.6 Å². The van der Waals surface area contributed by atoms with E-state index < -0.39 is 17.2 Å². The Balaban J connectivity index is 1.61. The second-order valence-electron chi connectivity index (χ2n) is 6.24. The molecule has 1 aromatic carbocycles. The lowest BCUT2D eigenvalue weighted by Gasteiger charge is -2.08. The Bertz CT molecular complexity index is 1170. The van der Waals surface area contributed by atoms with Gasteiger partial charge < -0.3 is 9.30 Å². The van der Waals surface area contributed by atoms with Crippen molar-refractivity contribution < 1.29 is 9.53 Å². The number of hydrogen-bond donors (Lipinski definition) is 0. The molecule has 0 atom stereocenters. The van der Waals surface area contributed by atoms with Crippen molar-refractivity contribution in [1.29, 1.82) is 0 Å². The maximum Gasteiger partial charge on any atom is 0.332 e. The van der Waals surface area contributed by atoms with Crippen LogP contribution in [-0.4, -0.2) is 31.3 Å². The van der Waals surface area contributed by atoms with Gasteiger partial charge in [0.15, 0.2) is 11.2 Å². The molecule has 2 heterocycles. The van der Waals surface area contributed by atoms with E-state index in [1.54, 1.807) is 24.7 Å². The Morgan fingerprint density at radius 3 is 2.82 bits per heavy atom. The fraction of sp³-hybridized carbons (Fsp3) is 0.263. The first kappa shape index (κ1) is 19.8. The first-order chi connectivity index (χ1) is 13.4. The van der Waals surface area contributed by atoms with Crippen LogP contribution in [0.1, 0.15) is 12.0 Å². The maximum atomic E-state index is 12.6. The van der Waals surface area contributed by atoms with Crippen molar-refractivity contribution in [2.75, 3.05) is 6.61 Å². The average molecular weight is 447 g/mol. The molecule has 28 heavy (non-hydrogen) atoms. The summed E-state index contributed by atoms with van der Waals surface area (Å²) in [6.45, 7) is 0.246. The highest BCUT2D eigenvalue weighted by Crippen LogP contribution is 2.12. The third kappa shape index (κ3) is 4.14. The molecule has 0 saturated heterocycles. The monoisotopic (exact) mass is 446 g/mol. The lowest BCUT2D eigenvalue weighted by molar-refractivity contribution is -0.137. The van der Waals surface area contributed by atoms with Crippen LogP contribution >= 0.6 is 15.9 Å². The molecule has 3 aromatic rings. The number of aryl methyl sites for hydroxylation is 2. The molecule has 0 amide bonds. The number of benzene rings is 1. The molecule has 0 aliphatic carbocycles. The van der Waals surface area contributed by atoms with Crippen molar-refractivity contribution in [1.82, 2.24) is 18.7 Å². The van der Waals surface area contributed by atoms with E-state index in [4.69, 9.17) is 4.74 Å². The number of carbonyl (C=O) groups is 1. The number of ether oxygens (including phenoxy) is 1. The number of esters is 1. The molecule has 0 aliphatic rings. The molecule has 0 saturated carbocycles. The van der Waals surface area contributed by atoms with Gasteiger partial charge in [-0.3, -0.25) is 13.9 Å². The van der Waals surface area contributed by atoms with E-state index >= 15 is 0 Å². The van der Waals surface area contributed by atoms with Gasteiger partial charge in [0.2, 0.25) is 0 Å². The van der Waals surface area contributed by atoms with Gasteiger partial charge in [-0.15, -0.1) is 0 Å². The minimum atomic E-state index is -0.484. The molecular formula is C19H19BrN4O4. The number of carbonyl (C=O) groups excluding carboxylic acids is 1. The minimum absolute atomic E-state index is 0.0979. The number of aromatic nitrogens is 4. The lowest BCUT2D eigenvalue weighted by atomic mass is 10.2. The van der Waals surface area contributed by atoms with Crippen molar-refractivity contribution in [2.24, 2.45) is 14.1 Å². The number of fused-ring (bicyclic) bond motifs is 1. The van der Waals surface area contributed by atoms with Crippen LogP contribution in [0.3, 0.4) is 0 Å². The molecule has 9 heteroatoms. The predicted molar refractivity (Wildman–Crippen MR) is 109 cm³/mol. The molecule has 0 aliphatic heterocycles. The smallest absolute Gasteiger partial charge is 0.332 e. The summed E-state index contributed by atoms with van der Waals surface area (Å²) in [4.78, 5) is 40.8. The third-order valence-corrected chi connectivity index (χ3v) is 4.73. The second kappa shape index (κ2) is 8.39. The summed E-state index contributed by atoms with van der Waals surface area (Å²) in [7, 11) is 3.27. The van der Waals surface area contributed by atoms with Crippen LogP contribution in [0.2, 0.25) is 0 Å². The van der Waals surface area contributed by atoms with Gasteiger partial charge in [-0.05, 0) is 30.2 Å². The van der Waals surface area contributed by atoms with Gasteiger partial charge in [0.25, 0.3) is 5.56 Å². The topological polar surface area (TPSA) is 88.1 Å². The van der Waals surface area contributed by atoms with Crippen LogP contribution in [0, 0.1) is 0 Å². The Morgan fingerprint density at radius 2 is 2.07 bits per heavy atom. The fourth-order valence-electron chi connectivity index (χ4n) is 2.81. The number of rotatable bonds is 6. The molecular weight excluding hydrogens is 428 g/mol. The standard InChI is InChI=1S/C19H19BrN4O4/c1-22-12-21-17-16(22)18(26)24(19(27)23(17)2)9-4-10-28-15(25)8-7-13-5-3-6-14(20)11-13/h3,5-8,11-12H,4,9-10H2,1-2H3/b8-7+. The first-order valence-corrected chi connectivity index (χ1v) is 9.39. The van der Waals surface area contributed by atoms with Crippen LogP contribution < -0.4 is 11.2 Å². The molecule has 0 unspecified atom stereocenters. The zero-order valence-electron chi connectivity index (χ0n) is 15.5. The van der Waals surface area contributed by atoms with E-state index in [0.29, 0.717) is 17.6 Å². The Morgan fingerprint density at radius 1 is 1.29 bits per heavy atom. The van der Waals surface area contributed by atoms with Gasteiger partial charge in [-0.25, -0.2) is 14.6 Å². The van der Waals surface area contributed by atoms with Crippen LogP contribution in [0.4, 0.5) is 0 Å². The van der Waals surface area contributed by atoms with Crippen LogP contribution in [0.25, 0.3) is 17.2 Å². The fourth-order valence-corrected chi connectivity index (χ4v) is 3.23. The molecule has 0 radical (unpaired) electrons. The summed E-state index contributed by atoms with van der Waals surface area (Å²) in [6.07, 6.45) is 4.84. The SMILES string of the molecule is Cn1cnc2c1c(=O)n(CCCOC(=O)/C=C/c1cccc(Br)c1)c(=O)n2C. The second-order valence-corrected chi connectivity index (χ2v) is 7.15. The maximum absolute atomic E-state index is 12.6. The molecule has 0 fully saturated rings. The summed E-state index contributed by atoms with van der Waals surface area (Å²) in [5, 5.41) is 0. The molecule has 146 valence electrons.